The number of rotatable bonds is 10. The van der Waals surface area contributed by atoms with E-state index >= 15 is 0 Å². The average molecular weight is 278 g/mol. The summed E-state index contributed by atoms with van der Waals surface area (Å²) in [5.74, 6) is 1.01. The third kappa shape index (κ3) is 5.14. The number of benzene rings is 1. The Balaban J connectivity index is 2.90. The van der Waals surface area contributed by atoms with Crippen LogP contribution in [0.1, 0.15) is 45.7 Å². The second-order valence-electron chi connectivity index (χ2n) is 4.96. The third-order valence-electron chi connectivity index (χ3n) is 3.57. The monoisotopic (exact) mass is 278 g/mol. The van der Waals surface area contributed by atoms with Gasteiger partial charge < -0.3 is 15.0 Å². The van der Waals surface area contributed by atoms with E-state index in [1.165, 1.54) is 5.56 Å². The molecule has 114 valence electrons. The summed E-state index contributed by atoms with van der Waals surface area (Å²) in [5.41, 5.74) is 1.27. The predicted molar refractivity (Wildman–Crippen MR) is 86.4 cm³/mol. The van der Waals surface area contributed by atoms with Crippen LogP contribution in [-0.4, -0.2) is 37.7 Å². The van der Waals surface area contributed by atoms with Crippen LogP contribution >= 0.6 is 0 Å². The van der Waals surface area contributed by atoms with Crippen molar-refractivity contribution in [3.63, 3.8) is 0 Å². The molecule has 3 heteroatoms. The Morgan fingerprint density at radius 2 is 1.80 bits per heavy atom. The van der Waals surface area contributed by atoms with Crippen molar-refractivity contribution in [3.05, 3.63) is 29.8 Å². The highest BCUT2D eigenvalue weighted by atomic mass is 16.5. The van der Waals surface area contributed by atoms with Crippen molar-refractivity contribution in [2.45, 2.75) is 40.2 Å². The first kappa shape index (κ1) is 17.0. The van der Waals surface area contributed by atoms with E-state index in [9.17, 15) is 0 Å². The Hall–Kier alpha value is -1.06. The fourth-order valence-electron chi connectivity index (χ4n) is 2.39. The molecule has 0 saturated heterocycles. The summed E-state index contributed by atoms with van der Waals surface area (Å²) in [6, 6.07) is 8.73. The van der Waals surface area contributed by atoms with Gasteiger partial charge in [-0.2, -0.15) is 0 Å². The summed E-state index contributed by atoms with van der Waals surface area (Å²) >= 11 is 0. The number of hydrogen-bond acceptors (Lipinski definition) is 3. The molecule has 1 N–H and O–H groups in total. The van der Waals surface area contributed by atoms with Crippen LogP contribution in [0, 0.1) is 0 Å². The molecule has 0 amide bonds. The molecule has 1 unspecified atom stereocenters. The van der Waals surface area contributed by atoms with Gasteiger partial charge in [0.1, 0.15) is 5.75 Å². The highest BCUT2D eigenvalue weighted by molar-refractivity contribution is 5.36. The summed E-state index contributed by atoms with van der Waals surface area (Å²) in [6.07, 6.45) is 1.14. The Bertz CT molecular complexity index is 364. The number of likely N-dealkylation sites (N-methyl/N-ethyl adjacent to an activating group) is 1. The number of ether oxygens (including phenoxy) is 1. The summed E-state index contributed by atoms with van der Waals surface area (Å²) in [6.45, 7) is 13.6. The highest BCUT2D eigenvalue weighted by Gasteiger charge is 2.17. The lowest BCUT2D eigenvalue weighted by Crippen LogP contribution is -2.35. The van der Waals surface area contributed by atoms with Gasteiger partial charge in [0.15, 0.2) is 0 Å². The van der Waals surface area contributed by atoms with Crippen LogP contribution in [0.5, 0.6) is 5.75 Å². The Labute approximate surface area is 124 Å². The van der Waals surface area contributed by atoms with Crippen LogP contribution in [0.25, 0.3) is 0 Å². The second kappa shape index (κ2) is 9.78. The van der Waals surface area contributed by atoms with E-state index in [-0.39, 0.29) is 0 Å². The van der Waals surface area contributed by atoms with Crippen LogP contribution in [0.15, 0.2) is 24.3 Å². The van der Waals surface area contributed by atoms with Crippen LogP contribution < -0.4 is 10.1 Å². The molecule has 3 nitrogen and oxygen atoms in total. The van der Waals surface area contributed by atoms with Crippen molar-refractivity contribution in [3.8, 4) is 5.75 Å². The molecule has 0 aliphatic rings. The van der Waals surface area contributed by atoms with E-state index in [4.69, 9.17) is 4.74 Å². The van der Waals surface area contributed by atoms with Crippen molar-refractivity contribution in [1.29, 1.82) is 0 Å². The summed E-state index contributed by atoms with van der Waals surface area (Å²) in [7, 11) is 0. The van der Waals surface area contributed by atoms with E-state index in [0.29, 0.717) is 12.6 Å². The SMILES string of the molecule is CCCNC(CN(CC)CC)c1ccccc1OCC. The molecule has 0 radical (unpaired) electrons. The lowest BCUT2D eigenvalue weighted by Gasteiger charge is -2.27. The largest absolute Gasteiger partial charge is 0.494 e. The number of nitrogens with zero attached hydrogens (tertiary/aromatic N) is 1. The highest BCUT2D eigenvalue weighted by Crippen LogP contribution is 2.26. The molecular weight excluding hydrogens is 248 g/mol. The van der Waals surface area contributed by atoms with Crippen molar-refractivity contribution in [1.82, 2.24) is 10.2 Å². The van der Waals surface area contributed by atoms with Gasteiger partial charge in [0.2, 0.25) is 0 Å². The van der Waals surface area contributed by atoms with Gasteiger partial charge in [0.05, 0.1) is 6.61 Å². The zero-order valence-electron chi connectivity index (χ0n) is 13.5. The minimum Gasteiger partial charge on any atom is -0.494 e. The first-order valence-corrected chi connectivity index (χ1v) is 7.94. The molecule has 20 heavy (non-hydrogen) atoms. The second-order valence-corrected chi connectivity index (χ2v) is 4.96. The molecule has 0 spiro atoms. The molecule has 0 fully saturated rings. The lowest BCUT2D eigenvalue weighted by atomic mass is 10.0. The molecule has 1 rings (SSSR count). The molecule has 0 bridgehead atoms. The maximum atomic E-state index is 5.79. The van der Waals surface area contributed by atoms with Crippen LogP contribution in [0.3, 0.4) is 0 Å². The number of hydrogen-bond donors (Lipinski definition) is 1. The maximum Gasteiger partial charge on any atom is 0.124 e. The molecular formula is C17H30N2O. The fourth-order valence-corrected chi connectivity index (χ4v) is 2.39. The van der Waals surface area contributed by atoms with E-state index < -0.39 is 0 Å². The van der Waals surface area contributed by atoms with Gasteiger partial charge in [-0.3, -0.25) is 0 Å². The van der Waals surface area contributed by atoms with Crippen molar-refractivity contribution < 1.29 is 4.74 Å². The fraction of sp³-hybridized carbons (Fsp3) is 0.647. The van der Waals surface area contributed by atoms with E-state index in [0.717, 1.165) is 38.3 Å². The smallest absolute Gasteiger partial charge is 0.124 e. The van der Waals surface area contributed by atoms with Gasteiger partial charge in [-0.05, 0) is 39.0 Å². The lowest BCUT2D eigenvalue weighted by molar-refractivity contribution is 0.259. The standard InChI is InChI=1S/C17H30N2O/c1-5-13-18-16(14-19(6-2)7-3)15-11-9-10-12-17(15)20-8-4/h9-12,16,18H,5-8,13-14H2,1-4H3. The van der Waals surface area contributed by atoms with Crippen molar-refractivity contribution >= 4 is 0 Å². The first-order valence-electron chi connectivity index (χ1n) is 7.94. The zero-order valence-corrected chi connectivity index (χ0v) is 13.5. The minimum absolute atomic E-state index is 0.331. The summed E-state index contributed by atoms with van der Waals surface area (Å²) in [4.78, 5) is 2.45. The normalized spacial score (nSPS) is 12.7. The first-order chi connectivity index (χ1) is 9.76. The Morgan fingerprint density at radius 1 is 1.10 bits per heavy atom. The summed E-state index contributed by atoms with van der Waals surface area (Å²) < 4.78 is 5.79. The van der Waals surface area contributed by atoms with E-state index in [1.807, 2.05) is 13.0 Å². The van der Waals surface area contributed by atoms with Crippen molar-refractivity contribution in [2.24, 2.45) is 0 Å². The molecule has 1 atom stereocenters. The van der Waals surface area contributed by atoms with Gasteiger partial charge >= 0.3 is 0 Å². The Morgan fingerprint density at radius 3 is 2.40 bits per heavy atom. The maximum absolute atomic E-state index is 5.79. The average Bonchev–Trinajstić information content (AvgIpc) is 2.49. The number of para-hydroxylation sites is 1. The molecule has 1 aromatic carbocycles. The molecule has 0 aliphatic carbocycles. The van der Waals surface area contributed by atoms with Crippen LogP contribution in [0.4, 0.5) is 0 Å². The molecule has 0 saturated carbocycles. The Kier molecular flexibility index (Phi) is 8.31. The number of nitrogens with one attached hydrogen (secondary N) is 1. The van der Waals surface area contributed by atoms with Gasteiger partial charge in [-0.15, -0.1) is 0 Å². The van der Waals surface area contributed by atoms with Gasteiger partial charge in [0, 0.05) is 18.2 Å². The van der Waals surface area contributed by atoms with Gasteiger partial charge in [0.25, 0.3) is 0 Å². The van der Waals surface area contributed by atoms with E-state index in [1.54, 1.807) is 0 Å². The minimum atomic E-state index is 0.331. The summed E-state index contributed by atoms with van der Waals surface area (Å²) in [5, 5.41) is 3.66. The van der Waals surface area contributed by atoms with Crippen molar-refractivity contribution in [2.75, 3.05) is 32.8 Å². The quantitative estimate of drug-likeness (QED) is 0.709. The topological polar surface area (TPSA) is 24.5 Å². The van der Waals surface area contributed by atoms with E-state index in [2.05, 4.69) is 49.2 Å². The zero-order chi connectivity index (χ0) is 14.8. The van der Waals surface area contributed by atoms with Crippen LogP contribution in [0.2, 0.25) is 0 Å². The molecule has 1 aromatic rings. The molecule has 0 heterocycles. The molecule has 0 aromatic heterocycles. The third-order valence-corrected chi connectivity index (χ3v) is 3.57. The molecule has 0 aliphatic heterocycles. The predicted octanol–water partition coefficient (Wildman–Crippen LogP) is 3.47. The van der Waals surface area contributed by atoms with Gasteiger partial charge in [-0.1, -0.05) is 39.0 Å². The van der Waals surface area contributed by atoms with Gasteiger partial charge in [-0.25, -0.2) is 0 Å². The van der Waals surface area contributed by atoms with Crippen LogP contribution in [-0.2, 0) is 0 Å².